The van der Waals surface area contributed by atoms with Crippen LogP contribution in [0, 0.1) is 0 Å². The first kappa shape index (κ1) is 14.0. The molecule has 2 nitrogen and oxygen atoms in total. The van der Waals surface area contributed by atoms with Gasteiger partial charge in [-0.1, -0.05) is 45.1 Å². The van der Waals surface area contributed by atoms with E-state index in [4.69, 9.17) is 9.47 Å². The maximum Gasteiger partial charge on any atom is 0.130 e. The van der Waals surface area contributed by atoms with Crippen molar-refractivity contribution < 1.29 is 9.47 Å². The van der Waals surface area contributed by atoms with Crippen molar-refractivity contribution in [1.82, 2.24) is 0 Å². The van der Waals surface area contributed by atoms with Gasteiger partial charge in [-0.15, -0.1) is 0 Å². The van der Waals surface area contributed by atoms with Crippen LogP contribution in [0.15, 0.2) is 24.3 Å². The molecule has 2 heteroatoms. The molecule has 19 heavy (non-hydrogen) atoms. The summed E-state index contributed by atoms with van der Waals surface area (Å²) in [4.78, 5) is 0. The number of hydrogen-bond acceptors (Lipinski definition) is 2. The molecule has 0 aromatic heterocycles. The van der Waals surface area contributed by atoms with E-state index in [0.29, 0.717) is 6.61 Å². The van der Waals surface area contributed by atoms with E-state index in [9.17, 15) is 0 Å². The minimum absolute atomic E-state index is 0.661. The quantitative estimate of drug-likeness (QED) is 0.623. The van der Waals surface area contributed by atoms with Crippen molar-refractivity contribution in [2.45, 2.75) is 45.4 Å². The molecular weight excluding hydrogens is 236 g/mol. The zero-order chi connectivity index (χ0) is 13.3. The largest absolute Gasteiger partial charge is 0.493 e. The molecule has 1 aliphatic heterocycles. The smallest absolute Gasteiger partial charge is 0.130 e. The van der Waals surface area contributed by atoms with Crippen LogP contribution in [0.3, 0.4) is 0 Å². The van der Waals surface area contributed by atoms with E-state index < -0.39 is 0 Å². The lowest BCUT2D eigenvalue weighted by Crippen LogP contribution is -2.02. The summed E-state index contributed by atoms with van der Waals surface area (Å²) in [5, 5.41) is 0. The van der Waals surface area contributed by atoms with Gasteiger partial charge in [0.15, 0.2) is 0 Å². The molecule has 1 aromatic rings. The highest BCUT2D eigenvalue weighted by Gasteiger charge is 2.06. The molecule has 104 valence electrons. The lowest BCUT2D eigenvalue weighted by atomic mass is 10.1. The summed E-state index contributed by atoms with van der Waals surface area (Å²) in [7, 11) is 0. The summed E-state index contributed by atoms with van der Waals surface area (Å²) in [6.07, 6.45) is 11.9. The Bertz CT molecular complexity index is 410. The Labute approximate surface area is 116 Å². The Morgan fingerprint density at radius 1 is 1.11 bits per heavy atom. The van der Waals surface area contributed by atoms with Crippen molar-refractivity contribution in [3.05, 3.63) is 29.8 Å². The second-order valence-electron chi connectivity index (χ2n) is 5.03. The summed E-state index contributed by atoms with van der Waals surface area (Å²) in [5.74, 6) is 1.85. The molecule has 2 rings (SSSR count). The Hall–Kier alpha value is -1.44. The SMILES string of the molecule is CCCCCCCCOc1ccc2c(c1)OCC=C2. The van der Waals surface area contributed by atoms with Gasteiger partial charge in [0, 0.05) is 11.6 Å². The lowest BCUT2D eigenvalue weighted by Gasteiger charge is -2.14. The zero-order valence-corrected chi connectivity index (χ0v) is 11.9. The second kappa shape index (κ2) is 7.88. The molecule has 0 unspecified atom stereocenters. The van der Waals surface area contributed by atoms with Gasteiger partial charge >= 0.3 is 0 Å². The van der Waals surface area contributed by atoms with Crippen molar-refractivity contribution in [1.29, 1.82) is 0 Å². The third kappa shape index (κ3) is 4.62. The standard InChI is InChI=1S/C17H24O2/c1-2-3-4-5-6-7-12-18-16-11-10-15-9-8-13-19-17(15)14-16/h8-11,14H,2-7,12-13H2,1H3. The molecule has 0 saturated heterocycles. The van der Waals surface area contributed by atoms with Gasteiger partial charge in [0.05, 0.1) is 6.61 Å². The zero-order valence-electron chi connectivity index (χ0n) is 11.9. The van der Waals surface area contributed by atoms with Crippen LogP contribution in [0.4, 0.5) is 0 Å². The maximum atomic E-state index is 5.77. The minimum Gasteiger partial charge on any atom is -0.493 e. The maximum absolute atomic E-state index is 5.77. The first-order valence-electron chi connectivity index (χ1n) is 7.46. The van der Waals surface area contributed by atoms with Crippen LogP contribution >= 0.6 is 0 Å². The van der Waals surface area contributed by atoms with Gasteiger partial charge in [0.25, 0.3) is 0 Å². The van der Waals surface area contributed by atoms with Gasteiger partial charge in [-0.25, -0.2) is 0 Å². The second-order valence-corrected chi connectivity index (χ2v) is 5.03. The fourth-order valence-corrected chi connectivity index (χ4v) is 2.25. The third-order valence-corrected chi connectivity index (χ3v) is 3.38. The lowest BCUT2D eigenvalue weighted by molar-refractivity contribution is 0.300. The molecule has 0 atom stereocenters. The van der Waals surface area contributed by atoms with Gasteiger partial charge in [-0.05, 0) is 24.6 Å². The summed E-state index contributed by atoms with van der Waals surface area (Å²) in [6, 6.07) is 6.08. The average Bonchev–Trinajstić information content (AvgIpc) is 2.46. The van der Waals surface area contributed by atoms with E-state index in [1.165, 1.54) is 32.1 Å². The van der Waals surface area contributed by atoms with Crippen molar-refractivity contribution in [3.63, 3.8) is 0 Å². The summed E-state index contributed by atoms with van der Waals surface area (Å²) < 4.78 is 11.3. The minimum atomic E-state index is 0.661. The molecule has 1 aliphatic rings. The van der Waals surface area contributed by atoms with E-state index in [-0.39, 0.29) is 0 Å². The van der Waals surface area contributed by atoms with E-state index >= 15 is 0 Å². The van der Waals surface area contributed by atoms with Crippen LogP contribution in [0.1, 0.15) is 51.0 Å². The molecule has 1 aromatic carbocycles. The molecule has 0 fully saturated rings. The average molecular weight is 260 g/mol. The topological polar surface area (TPSA) is 18.5 Å². The molecule has 0 N–H and O–H groups in total. The van der Waals surface area contributed by atoms with Gasteiger partial charge in [-0.2, -0.15) is 0 Å². The van der Waals surface area contributed by atoms with E-state index in [1.54, 1.807) is 0 Å². The number of fused-ring (bicyclic) bond motifs is 1. The van der Waals surface area contributed by atoms with Crippen LogP contribution < -0.4 is 9.47 Å². The summed E-state index contributed by atoms with van der Waals surface area (Å²) >= 11 is 0. The molecule has 0 radical (unpaired) electrons. The Balaban J connectivity index is 1.67. The van der Waals surface area contributed by atoms with E-state index in [1.807, 2.05) is 18.2 Å². The van der Waals surface area contributed by atoms with Crippen LogP contribution in [0.2, 0.25) is 0 Å². The fraction of sp³-hybridized carbons (Fsp3) is 0.529. The molecule has 0 saturated carbocycles. The Morgan fingerprint density at radius 2 is 1.95 bits per heavy atom. The highest BCUT2D eigenvalue weighted by atomic mass is 16.5. The highest BCUT2D eigenvalue weighted by molar-refractivity contribution is 5.60. The van der Waals surface area contributed by atoms with Crippen molar-refractivity contribution in [2.24, 2.45) is 0 Å². The number of hydrogen-bond donors (Lipinski definition) is 0. The predicted molar refractivity (Wildman–Crippen MR) is 79.8 cm³/mol. The summed E-state index contributed by atoms with van der Waals surface area (Å²) in [5.41, 5.74) is 1.14. The first-order valence-corrected chi connectivity index (χ1v) is 7.46. The predicted octanol–water partition coefficient (Wildman–Crippen LogP) is 4.83. The first-order chi connectivity index (χ1) is 9.40. The monoisotopic (exact) mass is 260 g/mol. The Morgan fingerprint density at radius 3 is 2.84 bits per heavy atom. The van der Waals surface area contributed by atoms with E-state index in [2.05, 4.69) is 19.1 Å². The van der Waals surface area contributed by atoms with Crippen molar-refractivity contribution in [2.75, 3.05) is 13.2 Å². The van der Waals surface area contributed by atoms with Crippen molar-refractivity contribution in [3.8, 4) is 11.5 Å². The van der Waals surface area contributed by atoms with Gasteiger partial charge in [0.2, 0.25) is 0 Å². The molecule has 0 spiro atoms. The molecule has 1 heterocycles. The molecular formula is C17H24O2. The van der Waals surface area contributed by atoms with Crippen LogP contribution in [0.25, 0.3) is 6.08 Å². The molecule has 0 aliphatic carbocycles. The summed E-state index contributed by atoms with van der Waals surface area (Å²) in [6.45, 7) is 3.71. The number of rotatable bonds is 8. The van der Waals surface area contributed by atoms with Crippen LogP contribution in [0.5, 0.6) is 11.5 Å². The normalized spacial score (nSPS) is 12.9. The van der Waals surface area contributed by atoms with Crippen LogP contribution in [-0.4, -0.2) is 13.2 Å². The van der Waals surface area contributed by atoms with Gasteiger partial charge < -0.3 is 9.47 Å². The Kier molecular flexibility index (Phi) is 5.80. The fourth-order valence-electron chi connectivity index (χ4n) is 2.25. The number of unbranched alkanes of at least 4 members (excludes halogenated alkanes) is 5. The highest BCUT2D eigenvalue weighted by Crippen LogP contribution is 2.28. The molecule has 0 amide bonds. The number of benzene rings is 1. The van der Waals surface area contributed by atoms with Gasteiger partial charge in [-0.3, -0.25) is 0 Å². The van der Waals surface area contributed by atoms with Gasteiger partial charge in [0.1, 0.15) is 18.1 Å². The number of ether oxygens (including phenoxy) is 2. The van der Waals surface area contributed by atoms with E-state index in [0.717, 1.165) is 30.1 Å². The third-order valence-electron chi connectivity index (χ3n) is 3.38. The molecule has 0 bridgehead atoms. The van der Waals surface area contributed by atoms with Crippen LogP contribution in [-0.2, 0) is 0 Å². The van der Waals surface area contributed by atoms with Crippen molar-refractivity contribution >= 4 is 6.08 Å².